The van der Waals surface area contributed by atoms with Crippen molar-refractivity contribution in [3.63, 3.8) is 0 Å². The first kappa shape index (κ1) is 25.3. The standard InChI is InChI=1S/C18H18N4O.C10H12N2/c1-13-16(15-11-19-22(2)12-15)8-9-17(20-13)21-18(23)10-14-6-4-3-5-7-14;1-12-7-6-9-2-4-10(8-11)5-3-9/h3-9,11-12H,10H2,1-2H3,(H,20,21,23);2-5,12H,6-7H2,1H3. The van der Waals surface area contributed by atoms with Gasteiger partial charge in [-0.05, 0) is 62.3 Å². The zero-order chi connectivity index (χ0) is 25.0. The van der Waals surface area contributed by atoms with Crippen molar-refractivity contribution in [1.82, 2.24) is 20.1 Å². The Balaban J connectivity index is 0.000000241. The van der Waals surface area contributed by atoms with Crippen molar-refractivity contribution in [3.05, 3.63) is 102 Å². The SMILES string of the molecule is CNCCc1ccc(C#N)cc1.Cc1nc(NC(=O)Cc2ccccc2)ccc1-c1cnn(C)c1. The van der Waals surface area contributed by atoms with Crippen molar-refractivity contribution in [1.29, 1.82) is 5.26 Å². The fourth-order valence-electron chi connectivity index (χ4n) is 3.48. The quantitative estimate of drug-likeness (QED) is 0.424. The minimum Gasteiger partial charge on any atom is -0.319 e. The normalized spacial score (nSPS) is 10.1. The Bertz CT molecular complexity index is 1270. The van der Waals surface area contributed by atoms with Gasteiger partial charge in [-0.3, -0.25) is 9.48 Å². The Kier molecular flexibility index (Phi) is 9.29. The van der Waals surface area contributed by atoms with Gasteiger partial charge in [0.05, 0.1) is 24.3 Å². The Labute approximate surface area is 206 Å². The van der Waals surface area contributed by atoms with E-state index in [1.165, 1.54) is 5.56 Å². The lowest BCUT2D eigenvalue weighted by Crippen LogP contribution is -2.15. The number of aromatic nitrogens is 3. The predicted octanol–water partition coefficient (Wildman–Crippen LogP) is 4.29. The molecule has 2 N–H and O–H groups in total. The number of benzene rings is 2. The number of aryl methyl sites for hydroxylation is 2. The number of hydrogen-bond donors (Lipinski definition) is 2. The summed E-state index contributed by atoms with van der Waals surface area (Å²) < 4.78 is 1.75. The summed E-state index contributed by atoms with van der Waals surface area (Å²) in [7, 11) is 3.81. The Morgan fingerprint density at radius 1 is 1.03 bits per heavy atom. The van der Waals surface area contributed by atoms with Crippen LogP contribution in [0.5, 0.6) is 0 Å². The van der Waals surface area contributed by atoms with Crippen LogP contribution in [-0.4, -0.2) is 34.3 Å². The molecule has 0 saturated carbocycles. The van der Waals surface area contributed by atoms with Crippen LogP contribution in [-0.2, 0) is 24.7 Å². The molecule has 2 heterocycles. The van der Waals surface area contributed by atoms with Gasteiger partial charge < -0.3 is 10.6 Å². The highest BCUT2D eigenvalue weighted by atomic mass is 16.1. The van der Waals surface area contributed by atoms with Crippen molar-refractivity contribution < 1.29 is 4.79 Å². The second-order valence-electron chi connectivity index (χ2n) is 8.10. The van der Waals surface area contributed by atoms with Gasteiger partial charge in [-0.15, -0.1) is 0 Å². The monoisotopic (exact) mass is 466 g/mol. The smallest absolute Gasteiger partial charge is 0.229 e. The molecule has 0 radical (unpaired) electrons. The van der Waals surface area contributed by atoms with E-state index in [2.05, 4.69) is 26.8 Å². The van der Waals surface area contributed by atoms with E-state index in [1.807, 2.05) is 93.9 Å². The number of nitrogens with one attached hydrogen (secondary N) is 2. The predicted molar refractivity (Wildman–Crippen MR) is 139 cm³/mol. The van der Waals surface area contributed by atoms with Crippen molar-refractivity contribution in [2.24, 2.45) is 7.05 Å². The van der Waals surface area contributed by atoms with E-state index in [-0.39, 0.29) is 5.91 Å². The van der Waals surface area contributed by atoms with Gasteiger partial charge in [0.15, 0.2) is 0 Å². The van der Waals surface area contributed by atoms with Crippen molar-refractivity contribution in [3.8, 4) is 17.2 Å². The third-order valence-electron chi connectivity index (χ3n) is 5.32. The summed E-state index contributed by atoms with van der Waals surface area (Å²) in [4.78, 5) is 16.6. The van der Waals surface area contributed by atoms with Crippen LogP contribution in [0.1, 0.15) is 22.4 Å². The number of anilines is 1. The van der Waals surface area contributed by atoms with Crippen LogP contribution >= 0.6 is 0 Å². The van der Waals surface area contributed by atoms with E-state index in [9.17, 15) is 4.79 Å². The topological polar surface area (TPSA) is 95.6 Å². The molecular formula is C28H30N6O. The number of rotatable bonds is 7. The molecule has 178 valence electrons. The fourth-order valence-corrected chi connectivity index (χ4v) is 3.48. The molecule has 35 heavy (non-hydrogen) atoms. The van der Waals surface area contributed by atoms with Crippen LogP contribution < -0.4 is 10.6 Å². The molecule has 0 saturated heterocycles. The van der Waals surface area contributed by atoms with Gasteiger partial charge in [0.2, 0.25) is 5.91 Å². The maximum absolute atomic E-state index is 12.1. The van der Waals surface area contributed by atoms with Gasteiger partial charge in [-0.1, -0.05) is 42.5 Å². The molecule has 7 nitrogen and oxygen atoms in total. The zero-order valence-electron chi connectivity index (χ0n) is 20.3. The largest absolute Gasteiger partial charge is 0.319 e. The summed E-state index contributed by atoms with van der Waals surface area (Å²) in [5, 5.41) is 18.6. The van der Waals surface area contributed by atoms with Gasteiger partial charge in [-0.25, -0.2) is 4.98 Å². The molecule has 2 aromatic carbocycles. The second-order valence-corrected chi connectivity index (χ2v) is 8.10. The van der Waals surface area contributed by atoms with Gasteiger partial charge in [0, 0.05) is 30.1 Å². The Morgan fingerprint density at radius 3 is 2.37 bits per heavy atom. The molecule has 4 rings (SSSR count). The number of carbonyl (C=O) groups is 1. The lowest BCUT2D eigenvalue weighted by atomic mass is 10.1. The minimum absolute atomic E-state index is 0.0720. The van der Waals surface area contributed by atoms with Crippen molar-refractivity contribution in [2.45, 2.75) is 19.8 Å². The van der Waals surface area contributed by atoms with Gasteiger partial charge in [0.1, 0.15) is 5.82 Å². The molecule has 0 unspecified atom stereocenters. The van der Waals surface area contributed by atoms with Crippen LogP contribution in [0.3, 0.4) is 0 Å². The maximum atomic E-state index is 12.1. The molecule has 0 aliphatic heterocycles. The van der Waals surface area contributed by atoms with Crippen molar-refractivity contribution in [2.75, 3.05) is 18.9 Å². The van der Waals surface area contributed by atoms with Crippen molar-refractivity contribution >= 4 is 11.7 Å². The third-order valence-corrected chi connectivity index (χ3v) is 5.32. The summed E-state index contributed by atoms with van der Waals surface area (Å²) >= 11 is 0. The van der Waals surface area contributed by atoms with E-state index in [1.54, 1.807) is 10.9 Å². The highest BCUT2D eigenvalue weighted by molar-refractivity contribution is 5.91. The molecule has 0 bridgehead atoms. The van der Waals surface area contributed by atoms with Crippen LogP contribution in [0.2, 0.25) is 0 Å². The molecular weight excluding hydrogens is 436 g/mol. The average molecular weight is 467 g/mol. The van der Waals surface area contributed by atoms with Gasteiger partial charge in [0.25, 0.3) is 0 Å². The Morgan fingerprint density at radius 2 is 1.77 bits per heavy atom. The number of hydrogen-bond acceptors (Lipinski definition) is 5. The summed E-state index contributed by atoms with van der Waals surface area (Å²) in [5.41, 5.74) is 5.86. The number of likely N-dealkylation sites (N-methyl/N-ethyl adjacent to an activating group) is 1. The summed E-state index contributed by atoms with van der Waals surface area (Å²) in [6.45, 7) is 2.90. The van der Waals surface area contributed by atoms with E-state index in [0.717, 1.165) is 40.9 Å². The first-order valence-corrected chi connectivity index (χ1v) is 11.4. The summed E-state index contributed by atoms with van der Waals surface area (Å²) in [5.74, 6) is 0.494. The Hall–Kier alpha value is -4.28. The first-order chi connectivity index (χ1) is 17.0. The number of amides is 1. The molecule has 7 heteroatoms. The number of nitrogens with zero attached hydrogens (tertiary/aromatic N) is 4. The third kappa shape index (κ3) is 7.91. The lowest BCUT2D eigenvalue weighted by Gasteiger charge is -2.08. The zero-order valence-corrected chi connectivity index (χ0v) is 20.3. The van der Waals surface area contributed by atoms with E-state index < -0.39 is 0 Å². The molecule has 0 aliphatic rings. The lowest BCUT2D eigenvalue weighted by molar-refractivity contribution is -0.115. The molecule has 1 amide bonds. The van der Waals surface area contributed by atoms with E-state index in [4.69, 9.17) is 5.26 Å². The number of carbonyl (C=O) groups excluding carboxylic acids is 1. The van der Waals surface area contributed by atoms with Crippen LogP contribution in [0.15, 0.2) is 79.1 Å². The van der Waals surface area contributed by atoms with Crippen LogP contribution in [0.4, 0.5) is 5.82 Å². The number of pyridine rings is 1. The molecule has 0 fully saturated rings. The van der Waals surface area contributed by atoms with E-state index >= 15 is 0 Å². The average Bonchev–Trinajstić information content (AvgIpc) is 3.30. The molecule has 0 aliphatic carbocycles. The molecule has 2 aromatic heterocycles. The molecule has 0 spiro atoms. The van der Waals surface area contributed by atoms with Crippen LogP contribution in [0, 0.1) is 18.3 Å². The summed E-state index contributed by atoms with van der Waals surface area (Å²) in [6.07, 6.45) is 5.10. The summed E-state index contributed by atoms with van der Waals surface area (Å²) in [6, 6.07) is 23.2. The fraction of sp³-hybridized carbons (Fsp3) is 0.214. The van der Waals surface area contributed by atoms with E-state index in [0.29, 0.717) is 12.2 Å². The van der Waals surface area contributed by atoms with Gasteiger partial charge in [-0.2, -0.15) is 10.4 Å². The highest BCUT2D eigenvalue weighted by Gasteiger charge is 2.09. The minimum atomic E-state index is -0.0720. The first-order valence-electron chi connectivity index (χ1n) is 11.4. The van der Waals surface area contributed by atoms with Gasteiger partial charge >= 0.3 is 0 Å². The molecule has 0 atom stereocenters. The molecule has 4 aromatic rings. The maximum Gasteiger partial charge on any atom is 0.229 e. The second kappa shape index (κ2) is 12.8. The highest BCUT2D eigenvalue weighted by Crippen LogP contribution is 2.23. The van der Waals surface area contributed by atoms with Crippen LogP contribution in [0.25, 0.3) is 11.1 Å². The number of nitriles is 1.